The van der Waals surface area contributed by atoms with Gasteiger partial charge in [0.15, 0.2) is 0 Å². The number of oxime groups is 1. The number of ether oxygens (including phenoxy) is 1. The molecule has 5 heteroatoms. The van der Waals surface area contributed by atoms with E-state index in [4.69, 9.17) is 4.74 Å². The summed E-state index contributed by atoms with van der Waals surface area (Å²) in [5.74, 6) is 0. The zero-order valence-corrected chi connectivity index (χ0v) is 14.6. The lowest BCUT2D eigenvalue weighted by molar-refractivity contribution is 0.0785. The van der Waals surface area contributed by atoms with Gasteiger partial charge in [0.05, 0.1) is 5.71 Å². The van der Waals surface area contributed by atoms with Crippen LogP contribution in [0.4, 0.5) is 4.79 Å². The molecule has 1 fully saturated rings. The fourth-order valence-corrected chi connectivity index (χ4v) is 4.17. The molecule has 1 amide bonds. The van der Waals surface area contributed by atoms with Crippen LogP contribution in [0.5, 0.6) is 0 Å². The Labute approximate surface area is 152 Å². The molecule has 134 valence electrons. The number of carbonyl (C=O) groups is 1. The SMILES string of the molecule is O=C(OCc1ccccc1)N1CCC2(CC1)C/C(=N/O)c1ccccc12. The zero-order chi connectivity index (χ0) is 18.0. The monoisotopic (exact) mass is 350 g/mol. The second-order valence-electron chi connectivity index (χ2n) is 7.08. The van der Waals surface area contributed by atoms with Crippen molar-refractivity contribution in [3.05, 3.63) is 71.3 Å². The van der Waals surface area contributed by atoms with Crippen LogP contribution in [0.2, 0.25) is 0 Å². The Hall–Kier alpha value is -2.82. The predicted octanol–water partition coefficient (Wildman–Crippen LogP) is 3.94. The van der Waals surface area contributed by atoms with E-state index in [0.717, 1.165) is 36.1 Å². The number of rotatable bonds is 2. The summed E-state index contributed by atoms with van der Waals surface area (Å²) in [5, 5.41) is 12.9. The molecular formula is C21H22N2O3. The topological polar surface area (TPSA) is 62.1 Å². The maximum Gasteiger partial charge on any atom is 0.410 e. The third-order valence-corrected chi connectivity index (χ3v) is 5.62. The molecule has 0 bridgehead atoms. The van der Waals surface area contributed by atoms with Gasteiger partial charge in [-0.2, -0.15) is 0 Å². The summed E-state index contributed by atoms with van der Waals surface area (Å²) in [6, 6.07) is 17.8. The zero-order valence-electron chi connectivity index (χ0n) is 14.6. The van der Waals surface area contributed by atoms with Crippen molar-refractivity contribution >= 4 is 11.8 Å². The first-order valence-electron chi connectivity index (χ1n) is 8.98. The molecule has 2 aromatic rings. The normalized spacial score (nSPS) is 19.5. The summed E-state index contributed by atoms with van der Waals surface area (Å²) in [5.41, 5.74) is 3.98. The van der Waals surface area contributed by atoms with Gasteiger partial charge >= 0.3 is 6.09 Å². The van der Waals surface area contributed by atoms with E-state index in [9.17, 15) is 10.0 Å². The standard InChI is InChI=1S/C21H22N2O3/c24-20(26-15-16-6-2-1-3-7-16)23-12-10-21(11-13-23)14-19(22-25)17-8-4-5-9-18(17)21/h1-9,25H,10-15H2/b22-19-. The minimum atomic E-state index is -0.258. The van der Waals surface area contributed by atoms with Crippen LogP contribution < -0.4 is 0 Å². The van der Waals surface area contributed by atoms with Crippen molar-refractivity contribution in [1.82, 2.24) is 4.90 Å². The lowest BCUT2D eigenvalue weighted by Gasteiger charge is -2.39. The van der Waals surface area contributed by atoms with Crippen molar-refractivity contribution in [1.29, 1.82) is 0 Å². The first kappa shape index (κ1) is 16.6. The van der Waals surface area contributed by atoms with E-state index in [1.54, 1.807) is 4.90 Å². The smallest absolute Gasteiger partial charge is 0.410 e. The van der Waals surface area contributed by atoms with E-state index in [1.165, 1.54) is 5.56 Å². The highest BCUT2D eigenvalue weighted by Crippen LogP contribution is 2.46. The number of piperidine rings is 1. The summed E-state index contributed by atoms with van der Waals surface area (Å²) in [6.45, 7) is 1.60. The Morgan fingerprint density at radius 2 is 1.77 bits per heavy atom. The van der Waals surface area contributed by atoms with Gasteiger partial charge in [0, 0.05) is 30.5 Å². The number of carbonyl (C=O) groups excluding carboxylic acids is 1. The molecule has 5 nitrogen and oxygen atoms in total. The van der Waals surface area contributed by atoms with Gasteiger partial charge in [-0.3, -0.25) is 0 Å². The average Bonchev–Trinajstić information content (AvgIpc) is 3.01. The number of hydrogen-bond acceptors (Lipinski definition) is 4. The number of nitrogens with zero attached hydrogens (tertiary/aromatic N) is 2. The van der Waals surface area contributed by atoms with E-state index in [-0.39, 0.29) is 11.5 Å². The van der Waals surface area contributed by atoms with Gasteiger partial charge in [0.25, 0.3) is 0 Å². The largest absolute Gasteiger partial charge is 0.445 e. The van der Waals surface area contributed by atoms with E-state index < -0.39 is 0 Å². The van der Waals surface area contributed by atoms with E-state index in [0.29, 0.717) is 19.7 Å². The highest BCUT2D eigenvalue weighted by molar-refractivity contribution is 6.05. The predicted molar refractivity (Wildman–Crippen MR) is 98.5 cm³/mol. The molecule has 1 spiro atoms. The third-order valence-electron chi connectivity index (χ3n) is 5.62. The molecule has 2 aromatic carbocycles. The van der Waals surface area contributed by atoms with Crippen LogP contribution >= 0.6 is 0 Å². The second-order valence-corrected chi connectivity index (χ2v) is 7.08. The first-order chi connectivity index (χ1) is 12.7. The van der Waals surface area contributed by atoms with Gasteiger partial charge < -0.3 is 14.8 Å². The molecule has 4 rings (SSSR count). The lowest BCUT2D eigenvalue weighted by atomic mass is 9.74. The summed E-state index contributed by atoms with van der Waals surface area (Å²) in [6.07, 6.45) is 2.17. The molecule has 0 aromatic heterocycles. The second kappa shape index (κ2) is 6.83. The Kier molecular flexibility index (Phi) is 4.37. The summed E-state index contributed by atoms with van der Waals surface area (Å²) in [7, 11) is 0. The molecule has 0 atom stereocenters. The Balaban J connectivity index is 1.41. The Bertz CT molecular complexity index is 824. The minimum Gasteiger partial charge on any atom is -0.445 e. The molecular weight excluding hydrogens is 328 g/mol. The van der Waals surface area contributed by atoms with Gasteiger partial charge in [-0.15, -0.1) is 0 Å². The van der Waals surface area contributed by atoms with Crippen molar-refractivity contribution in [2.24, 2.45) is 5.16 Å². The molecule has 1 aliphatic heterocycles. The van der Waals surface area contributed by atoms with Gasteiger partial charge in [-0.1, -0.05) is 59.8 Å². The molecule has 0 unspecified atom stereocenters. The summed E-state index contributed by atoms with van der Waals surface area (Å²) in [4.78, 5) is 14.2. The molecule has 1 N–H and O–H groups in total. The van der Waals surface area contributed by atoms with Gasteiger partial charge in [0.1, 0.15) is 6.61 Å². The van der Waals surface area contributed by atoms with Crippen molar-refractivity contribution < 1.29 is 14.7 Å². The molecule has 1 heterocycles. The van der Waals surface area contributed by atoms with Crippen LogP contribution in [-0.4, -0.2) is 35.0 Å². The van der Waals surface area contributed by atoms with Crippen molar-refractivity contribution in [3.8, 4) is 0 Å². The molecule has 1 saturated heterocycles. The van der Waals surface area contributed by atoms with Crippen molar-refractivity contribution in [3.63, 3.8) is 0 Å². The highest BCUT2D eigenvalue weighted by Gasteiger charge is 2.45. The first-order valence-corrected chi connectivity index (χ1v) is 8.98. The molecule has 26 heavy (non-hydrogen) atoms. The fraction of sp³-hybridized carbons (Fsp3) is 0.333. The van der Waals surface area contributed by atoms with E-state index in [2.05, 4.69) is 11.2 Å². The molecule has 1 aliphatic carbocycles. The Morgan fingerprint density at radius 3 is 2.50 bits per heavy atom. The average molecular weight is 350 g/mol. The highest BCUT2D eigenvalue weighted by atomic mass is 16.6. The molecule has 2 aliphatic rings. The van der Waals surface area contributed by atoms with Gasteiger partial charge in [-0.05, 0) is 24.0 Å². The van der Waals surface area contributed by atoms with Crippen LogP contribution in [0.15, 0.2) is 59.8 Å². The van der Waals surface area contributed by atoms with Crippen molar-refractivity contribution in [2.45, 2.75) is 31.3 Å². The fourth-order valence-electron chi connectivity index (χ4n) is 4.17. The minimum absolute atomic E-state index is 0.0334. The van der Waals surface area contributed by atoms with Gasteiger partial charge in [-0.25, -0.2) is 4.79 Å². The quantitative estimate of drug-likeness (QED) is 0.659. The van der Waals surface area contributed by atoms with E-state index >= 15 is 0 Å². The number of fused-ring (bicyclic) bond motifs is 2. The number of benzene rings is 2. The number of amides is 1. The van der Waals surface area contributed by atoms with Crippen LogP contribution in [-0.2, 0) is 16.8 Å². The maximum atomic E-state index is 12.4. The van der Waals surface area contributed by atoms with Crippen LogP contribution in [0.3, 0.4) is 0 Å². The van der Waals surface area contributed by atoms with Crippen LogP contribution in [0.25, 0.3) is 0 Å². The lowest BCUT2D eigenvalue weighted by Crippen LogP contribution is -2.44. The van der Waals surface area contributed by atoms with E-state index in [1.807, 2.05) is 48.5 Å². The summed E-state index contributed by atoms with van der Waals surface area (Å²) < 4.78 is 5.45. The van der Waals surface area contributed by atoms with Gasteiger partial charge in [0.2, 0.25) is 0 Å². The number of likely N-dealkylation sites (tertiary alicyclic amines) is 1. The summed E-state index contributed by atoms with van der Waals surface area (Å²) >= 11 is 0. The third kappa shape index (κ3) is 2.94. The molecule has 0 radical (unpaired) electrons. The Morgan fingerprint density at radius 1 is 1.08 bits per heavy atom. The van der Waals surface area contributed by atoms with Crippen LogP contribution in [0, 0.1) is 0 Å². The maximum absolute atomic E-state index is 12.4. The van der Waals surface area contributed by atoms with Crippen LogP contribution in [0.1, 0.15) is 36.0 Å². The van der Waals surface area contributed by atoms with Crippen molar-refractivity contribution in [2.75, 3.05) is 13.1 Å². The molecule has 0 saturated carbocycles. The number of hydrogen-bond donors (Lipinski definition) is 1.